The number of amides is 1. The van der Waals surface area contributed by atoms with Crippen LogP contribution in [0.3, 0.4) is 0 Å². The van der Waals surface area contributed by atoms with Gasteiger partial charge in [0.15, 0.2) is 22.5 Å². The predicted molar refractivity (Wildman–Crippen MR) is 96.8 cm³/mol. The zero-order valence-electron chi connectivity index (χ0n) is 15.2. The Hall–Kier alpha value is -2.09. The smallest absolute Gasteiger partial charge is 0.344 e. The van der Waals surface area contributed by atoms with Crippen molar-refractivity contribution in [3.05, 3.63) is 29.8 Å². The van der Waals surface area contributed by atoms with E-state index in [1.807, 2.05) is 12.1 Å². The van der Waals surface area contributed by atoms with Gasteiger partial charge in [0.05, 0.1) is 11.5 Å². The van der Waals surface area contributed by atoms with Crippen molar-refractivity contribution in [2.45, 2.75) is 45.3 Å². The molecule has 7 nitrogen and oxygen atoms in total. The van der Waals surface area contributed by atoms with Crippen molar-refractivity contribution in [3.63, 3.8) is 0 Å². The molecule has 0 spiro atoms. The minimum atomic E-state index is -3.08. The highest BCUT2D eigenvalue weighted by atomic mass is 32.2. The van der Waals surface area contributed by atoms with Crippen LogP contribution in [-0.2, 0) is 24.2 Å². The molecule has 26 heavy (non-hydrogen) atoms. The molecule has 1 aromatic carbocycles. The molecule has 0 unspecified atom stereocenters. The molecule has 0 bridgehead atoms. The summed E-state index contributed by atoms with van der Waals surface area (Å²) in [6, 6.07) is 6.98. The van der Waals surface area contributed by atoms with Crippen LogP contribution in [-0.4, -0.2) is 50.6 Å². The van der Waals surface area contributed by atoms with Crippen LogP contribution in [0, 0.1) is 0 Å². The van der Waals surface area contributed by atoms with E-state index < -0.39 is 33.9 Å². The van der Waals surface area contributed by atoms with Gasteiger partial charge >= 0.3 is 5.97 Å². The van der Waals surface area contributed by atoms with Crippen molar-refractivity contribution in [2.75, 3.05) is 18.1 Å². The summed E-state index contributed by atoms with van der Waals surface area (Å²) < 4.78 is 33.2. The average molecular weight is 383 g/mol. The summed E-state index contributed by atoms with van der Waals surface area (Å²) in [5.74, 6) is -0.242. The highest BCUT2D eigenvalue weighted by Gasteiger charge is 2.30. The van der Waals surface area contributed by atoms with Crippen LogP contribution in [0.2, 0.25) is 0 Å². The van der Waals surface area contributed by atoms with E-state index in [1.165, 1.54) is 12.5 Å². The van der Waals surface area contributed by atoms with Crippen LogP contribution in [0.1, 0.15) is 38.7 Å². The molecular formula is C18H25NO6S. The topological polar surface area (TPSA) is 98.8 Å². The fourth-order valence-corrected chi connectivity index (χ4v) is 4.28. The number of carbonyl (C=O) groups excluding carboxylic acids is 2. The third-order valence-electron chi connectivity index (χ3n) is 4.16. The first-order valence-corrected chi connectivity index (χ1v) is 10.4. The third kappa shape index (κ3) is 6.01. The molecule has 144 valence electrons. The van der Waals surface area contributed by atoms with Gasteiger partial charge in [-0.3, -0.25) is 4.79 Å². The Morgan fingerprint density at radius 3 is 2.38 bits per heavy atom. The summed E-state index contributed by atoms with van der Waals surface area (Å²) >= 11 is 0. The molecule has 0 radical (unpaired) electrons. The number of esters is 1. The molecule has 1 saturated heterocycles. The maximum absolute atomic E-state index is 12.0. The van der Waals surface area contributed by atoms with Gasteiger partial charge in [-0.05, 0) is 37.0 Å². The van der Waals surface area contributed by atoms with E-state index in [0.717, 1.165) is 0 Å². The fraction of sp³-hybridized carbons (Fsp3) is 0.556. The minimum absolute atomic E-state index is 0.0650. The predicted octanol–water partition coefficient (Wildman–Crippen LogP) is 1.42. The average Bonchev–Trinajstić information content (AvgIpc) is 2.91. The lowest BCUT2D eigenvalue weighted by Gasteiger charge is -2.16. The van der Waals surface area contributed by atoms with E-state index in [0.29, 0.717) is 18.1 Å². The van der Waals surface area contributed by atoms with Gasteiger partial charge in [0.2, 0.25) is 0 Å². The van der Waals surface area contributed by atoms with E-state index in [-0.39, 0.29) is 18.1 Å². The molecule has 1 heterocycles. The second-order valence-electron chi connectivity index (χ2n) is 6.75. The highest BCUT2D eigenvalue weighted by molar-refractivity contribution is 7.91. The molecular weight excluding hydrogens is 358 g/mol. The Bertz CT molecular complexity index is 741. The molecule has 1 N–H and O–H groups in total. The number of benzene rings is 1. The maximum Gasteiger partial charge on any atom is 0.344 e. The molecule has 0 aromatic heterocycles. The van der Waals surface area contributed by atoms with E-state index in [4.69, 9.17) is 9.47 Å². The first-order valence-electron chi connectivity index (χ1n) is 8.59. The molecule has 2 rings (SSSR count). The molecule has 8 heteroatoms. The molecule has 2 atom stereocenters. The lowest BCUT2D eigenvalue weighted by Crippen LogP contribution is -2.43. The molecule has 1 amide bonds. The van der Waals surface area contributed by atoms with Crippen molar-refractivity contribution in [3.8, 4) is 5.75 Å². The summed E-state index contributed by atoms with van der Waals surface area (Å²) in [4.78, 5) is 23.8. The molecule has 1 aliphatic heterocycles. The Morgan fingerprint density at radius 1 is 1.19 bits per heavy atom. The van der Waals surface area contributed by atoms with Crippen LogP contribution in [0.5, 0.6) is 5.75 Å². The quantitative estimate of drug-likeness (QED) is 0.715. The van der Waals surface area contributed by atoms with E-state index in [1.54, 1.807) is 12.1 Å². The largest absolute Gasteiger partial charge is 0.482 e. The number of ether oxygens (including phenoxy) is 2. The lowest BCUT2D eigenvalue weighted by molar-refractivity contribution is -0.156. The number of hydrogen-bond acceptors (Lipinski definition) is 6. The number of sulfone groups is 1. The zero-order valence-corrected chi connectivity index (χ0v) is 16.0. The molecule has 0 saturated carbocycles. The molecule has 1 aromatic rings. The number of carbonyl (C=O) groups is 2. The van der Waals surface area contributed by atoms with Crippen molar-refractivity contribution in [2.24, 2.45) is 0 Å². The monoisotopic (exact) mass is 383 g/mol. The van der Waals surface area contributed by atoms with Crippen LogP contribution in [0.15, 0.2) is 24.3 Å². The Kier molecular flexibility index (Phi) is 6.63. The van der Waals surface area contributed by atoms with Crippen LogP contribution in [0.4, 0.5) is 0 Å². The van der Waals surface area contributed by atoms with Crippen molar-refractivity contribution in [1.82, 2.24) is 5.32 Å². The van der Waals surface area contributed by atoms with E-state index in [2.05, 4.69) is 19.2 Å². The third-order valence-corrected chi connectivity index (χ3v) is 5.93. The van der Waals surface area contributed by atoms with Gasteiger partial charge in [0.1, 0.15) is 5.75 Å². The van der Waals surface area contributed by atoms with Gasteiger partial charge in [0, 0.05) is 6.04 Å². The van der Waals surface area contributed by atoms with E-state index >= 15 is 0 Å². The summed E-state index contributed by atoms with van der Waals surface area (Å²) in [6.07, 6.45) is -0.637. The fourth-order valence-electron chi connectivity index (χ4n) is 2.60. The van der Waals surface area contributed by atoms with E-state index in [9.17, 15) is 18.0 Å². The Balaban J connectivity index is 1.75. The second kappa shape index (κ2) is 8.53. The van der Waals surface area contributed by atoms with Crippen molar-refractivity contribution >= 4 is 21.7 Å². The standard InChI is InChI=1S/C18H25NO6S/c1-12(2)14-4-6-16(7-5-14)24-10-17(20)25-13(3)18(21)19-15-8-9-26(22,23)11-15/h4-7,12-13,15H,8-11H2,1-3H3,(H,19,21)/t13-,15-/m1/s1. The number of rotatable bonds is 7. The lowest BCUT2D eigenvalue weighted by atomic mass is 10.0. The summed E-state index contributed by atoms with van der Waals surface area (Å²) in [7, 11) is -3.08. The summed E-state index contributed by atoms with van der Waals surface area (Å²) in [5.41, 5.74) is 1.17. The number of nitrogens with one attached hydrogen (secondary N) is 1. The highest BCUT2D eigenvalue weighted by Crippen LogP contribution is 2.18. The Morgan fingerprint density at radius 2 is 1.85 bits per heavy atom. The van der Waals surface area contributed by atoms with Crippen LogP contribution in [0.25, 0.3) is 0 Å². The van der Waals surface area contributed by atoms with Gasteiger partial charge in [-0.1, -0.05) is 26.0 Å². The van der Waals surface area contributed by atoms with Crippen molar-refractivity contribution in [1.29, 1.82) is 0 Å². The summed E-state index contributed by atoms with van der Waals surface area (Å²) in [6.45, 7) is 5.30. The van der Waals surface area contributed by atoms with Crippen LogP contribution >= 0.6 is 0 Å². The normalized spacial score (nSPS) is 19.8. The van der Waals surface area contributed by atoms with Gasteiger partial charge in [-0.2, -0.15) is 0 Å². The Labute approximate surface area is 154 Å². The zero-order chi connectivity index (χ0) is 19.3. The molecule has 1 aliphatic rings. The summed E-state index contributed by atoms with van der Waals surface area (Å²) in [5, 5.41) is 2.59. The minimum Gasteiger partial charge on any atom is -0.482 e. The SMILES string of the molecule is CC(C)c1ccc(OCC(=O)O[C@H](C)C(=O)N[C@@H]2CCS(=O)(=O)C2)cc1. The van der Waals surface area contributed by atoms with Crippen molar-refractivity contribution < 1.29 is 27.5 Å². The van der Waals surface area contributed by atoms with Gasteiger partial charge in [-0.15, -0.1) is 0 Å². The molecule has 1 fully saturated rings. The van der Waals surface area contributed by atoms with Gasteiger partial charge in [-0.25, -0.2) is 13.2 Å². The van der Waals surface area contributed by atoms with Crippen LogP contribution < -0.4 is 10.1 Å². The molecule has 0 aliphatic carbocycles. The second-order valence-corrected chi connectivity index (χ2v) is 8.98. The number of hydrogen-bond donors (Lipinski definition) is 1. The maximum atomic E-state index is 12.0. The van der Waals surface area contributed by atoms with Gasteiger partial charge in [0.25, 0.3) is 5.91 Å². The van der Waals surface area contributed by atoms with Gasteiger partial charge < -0.3 is 14.8 Å². The first-order chi connectivity index (χ1) is 12.2. The first kappa shape index (κ1) is 20.2.